The molecular weight excluding hydrogens is 331 g/mol. The molecule has 0 aromatic heterocycles. The molecule has 0 radical (unpaired) electrons. The molecule has 2 aromatic rings. The topological polar surface area (TPSA) is 0 Å². The summed E-state index contributed by atoms with van der Waals surface area (Å²) in [5.41, 5.74) is 6.47. The first kappa shape index (κ1) is 20.1. The van der Waals surface area contributed by atoms with Crippen LogP contribution in [0.1, 0.15) is 92.5 Å². The smallest absolute Gasteiger partial charge is 0.126 e. The van der Waals surface area contributed by atoms with E-state index in [0.29, 0.717) is 5.92 Å². The van der Waals surface area contributed by atoms with Gasteiger partial charge in [-0.1, -0.05) is 69.9 Å². The normalized spacial score (nSPS) is 16.3. The highest BCUT2D eigenvalue weighted by atomic mass is 19.1. The van der Waals surface area contributed by atoms with Crippen molar-refractivity contribution in [1.82, 2.24) is 0 Å². The minimum atomic E-state index is 0.00799. The van der Waals surface area contributed by atoms with Crippen LogP contribution in [-0.2, 0) is 25.7 Å². The van der Waals surface area contributed by atoms with Crippen LogP contribution in [0.3, 0.4) is 0 Å². The lowest BCUT2D eigenvalue weighted by Gasteiger charge is -2.26. The Morgan fingerprint density at radius 1 is 0.815 bits per heavy atom. The van der Waals surface area contributed by atoms with Crippen molar-refractivity contribution >= 4 is 0 Å². The standard InChI is InChI=1S/C26H35F/c1-3-5-7-9-20-11-13-23-19-24(15-14-22(23)17-20)25-16-12-21(18-26(25)27)10-8-6-4-2/h11-13,16-18,24H,3-10,14-15,19H2,1-2H3. The Kier molecular flexibility index (Phi) is 7.50. The molecule has 0 fully saturated rings. The predicted octanol–water partition coefficient (Wildman–Crippen LogP) is 7.56. The number of fused-ring (bicyclic) bond motifs is 1. The fraction of sp³-hybridized carbons (Fsp3) is 0.538. The van der Waals surface area contributed by atoms with E-state index < -0.39 is 0 Å². The first-order valence-electron chi connectivity index (χ1n) is 11.1. The number of aryl methyl sites for hydroxylation is 3. The Morgan fingerprint density at radius 3 is 2.15 bits per heavy atom. The first-order chi connectivity index (χ1) is 13.2. The number of halogens is 1. The van der Waals surface area contributed by atoms with Gasteiger partial charge in [-0.05, 0) is 84.7 Å². The Hall–Kier alpha value is -1.63. The average Bonchev–Trinajstić information content (AvgIpc) is 2.68. The lowest BCUT2D eigenvalue weighted by Crippen LogP contribution is -2.14. The summed E-state index contributed by atoms with van der Waals surface area (Å²) >= 11 is 0. The van der Waals surface area contributed by atoms with Crippen LogP contribution in [0, 0.1) is 5.82 Å². The molecule has 2 aromatic carbocycles. The molecule has 0 heterocycles. The largest absolute Gasteiger partial charge is 0.207 e. The third-order valence-corrected chi connectivity index (χ3v) is 6.14. The van der Waals surface area contributed by atoms with Crippen molar-refractivity contribution in [3.63, 3.8) is 0 Å². The molecule has 0 spiro atoms. The molecule has 1 unspecified atom stereocenters. The van der Waals surface area contributed by atoms with Crippen molar-refractivity contribution in [3.8, 4) is 0 Å². The molecule has 27 heavy (non-hydrogen) atoms. The van der Waals surface area contributed by atoms with E-state index in [4.69, 9.17) is 0 Å². The van der Waals surface area contributed by atoms with Gasteiger partial charge in [-0.25, -0.2) is 4.39 Å². The lowest BCUT2D eigenvalue weighted by atomic mass is 9.79. The van der Waals surface area contributed by atoms with Gasteiger partial charge in [-0.3, -0.25) is 0 Å². The maximum Gasteiger partial charge on any atom is 0.126 e. The number of hydrogen-bond donors (Lipinski definition) is 0. The van der Waals surface area contributed by atoms with Crippen molar-refractivity contribution in [2.75, 3.05) is 0 Å². The monoisotopic (exact) mass is 366 g/mol. The van der Waals surface area contributed by atoms with E-state index in [2.05, 4.69) is 44.2 Å². The van der Waals surface area contributed by atoms with Crippen LogP contribution < -0.4 is 0 Å². The molecule has 0 amide bonds. The second kappa shape index (κ2) is 10.1. The zero-order chi connectivity index (χ0) is 19.1. The molecule has 0 saturated heterocycles. The second-order valence-corrected chi connectivity index (χ2v) is 8.31. The van der Waals surface area contributed by atoms with Crippen molar-refractivity contribution < 1.29 is 4.39 Å². The zero-order valence-corrected chi connectivity index (χ0v) is 17.2. The van der Waals surface area contributed by atoms with Crippen LogP contribution in [0.5, 0.6) is 0 Å². The van der Waals surface area contributed by atoms with Crippen molar-refractivity contribution in [1.29, 1.82) is 0 Å². The summed E-state index contributed by atoms with van der Waals surface area (Å²) in [5.74, 6) is 0.335. The van der Waals surface area contributed by atoms with E-state index in [-0.39, 0.29) is 5.82 Å². The molecule has 0 aliphatic heterocycles. The van der Waals surface area contributed by atoms with E-state index in [0.717, 1.165) is 43.2 Å². The van der Waals surface area contributed by atoms with Gasteiger partial charge in [0.25, 0.3) is 0 Å². The molecule has 1 atom stereocenters. The molecule has 1 aliphatic rings. The average molecular weight is 367 g/mol. The van der Waals surface area contributed by atoms with Crippen LogP contribution in [0.15, 0.2) is 36.4 Å². The molecule has 0 bridgehead atoms. The third kappa shape index (κ3) is 5.43. The summed E-state index contributed by atoms with van der Waals surface area (Å²) in [4.78, 5) is 0. The highest BCUT2D eigenvalue weighted by Crippen LogP contribution is 2.35. The van der Waals surface area contributed by atoms with Crippen molar-refractivity contribution in [3.05, 3.63) is 70.0 Å². The zero-order valence-electron chi connectivity index (χ0n) is 17.2. The molecular formula is C26H35F. The Balaban J connectivity index is 1.65. The molecule has 3 rings (SSSR count). The molecule has 1 aliphatic carbocycles. The Morgan fingerprint density at radius 2 is 1.48 bits per heavy atom. The van der Waals surface area contributed by atoms with E-state index in [1.54, 1.807) is 6.07 Å². The van der Waals surface area contributed by atoms with Crippen LogP contribution in [0.25, 0.3) is 0 Å². The predicted molar refractivity (Wildman–Crippen MR) is 114 cm³/mol. The Bertz CT molecular complexity index is 731. The second-order valence-electron chi connectivity index (χ2n) is 8.31. The van der Waals surface area contributed by atoms with Gasteiger partial charge in [0.1, 0.15) is 5.82 Å². The molecule has 0 saturated carbocycles. The van der Waals surface area contributed by atoms with Crippen molar-refractivity contribution in [2.24, 2.45) is 0 Å². The van der Waals surface area contributed by atoms with E-state index >= 15 is 0 Å². The van der Waals surface area contributed by atoms with Gasteiger partial charge >= 0.3 is 0 Å². The maximum absolute atomic E-state index is 14.8. The highest BCUT2D eigenvalue weighted by molar-refractivity contribution is 5.38. The number of rotatable bonds is 9. The lowest BCUT2D eigenvalue weighted by molar-refractivity contribution is 0.532. The quantitative estimate of drug-likeness (QED) is 0.402. The summed E-state index contributed by atoms with van der Waals surface area (Å²) in [6.45, 7) is 4.46. The fourth-order valence-corrected chi connectivity index (χ4v) is 4.44. The van der Waals surface area contributed by atoms with Gasteiger partial charge in [-0.15, -0.1) is 0 Å². The number of hydrogen-bond acceptors (Lipinski definition) is 0. The number of unbranched alkanes of at least 4 members (excludes halogenated alkanes) is 4. The molecule has 0 nitrogen and oxygen atoms in total. The summed E-state index contributed by atoms with van der Waals surface area (Å²) < 4.78 is 14.8. The number of benzene rings is 2. The van der Waals surface area contributed by atoms with Gasteiger partial charge in [0.15, 0.2) is 0 Å². The van der Waals surface area contributed by atoms with E-state index in [9.17, 15) is 4.39 Å². The minimum absolute atomic E-state index is 0.00799. The summed E-state index contributed by atoms with van der Waals surface area (Å²) in [6.07, 6.45) is 12.8. The summed E-state index contributed by atoms with van der Waals surface area (Å²) in [6, 6.07) is 13.0. The molecule has 146 valence electrons. The molecule has 1 heteroatoms. The van der Waals surface area contributed by atoms with Crippen molar-refractivity contribution in [2.45, 2.75) is 90.4 Å². The highest BCUT2D eigenvalue weighted by Gasteiger charge is 2.22. The minimum Gasteiger partial charge on any atom is -0.207 e. The molecule has 0 N–H and O–H groups in total. The first-order valence-corrected chi connectivity index (χ1v) is 11.1. The fourth-order valence-electron chi connectivity index (χ4n) is 4.44. The summed E-state index contributed by atoms with van der Waals surface area (Å²) in [5, 5.41) is 0. The Labute approximate surface area is 165 Å². The third-order valence-electron chi connectivity index (χ3n) is 6.14. The van der Waals surface area contributed by atoms with Crippen LogP contribution in [0.2, 0.25) is 0 Å². The van der Waals surface area contributed by atoms with Gasteiger partial charge in [0, 0.05) is 0 Å². The van der Waals surface area contributed by atoms with Gasteiger partial charge in [0.05, 0.1) is 0 Å². The van der Waals surface area contributed by atoms with Crippen LogP contribution in [0.4, 0.5) is 4.39 Å². The van der Waals surface area contributed by atoms with Crippen LogP contribution in [-0.4, -0.2) is 0 Å². The summed E-state index contributed by atoms with van der Waals surface area (Å²) in [7, 11) is 0. The van der Waals surface area contributed by atoms with Crippen LogP contribution >= 0.6 is 0 Å². The van der Waals surface area contributed by atoms with Gasteiger partial charge in [-0.2, -0.15) is 0 Å². The van der Waals surface area contributed by atoms with E-state index in [1.807, 2.05) is 0 Å². The maximum atomic E-state index is 14.8. The SMILES string of the molecule is CCCCCc1ccc(C2CCc3cc(CCCCC)ccc3C2)c(F)c1. The van der Waals surface area contributed by atoms with Gasteiger partial charge in [0.2, 0.25) is 0 Å². The van der Waals surface area contributed by atoms with E-state index in [1.165, 1.54) is 55.2 Å². The van der Waals surface area contributed by atoms with Gasteiger partial charge < -0.3 is 0 Å².